The monoisotopic (exact) mass is 450 g/mol. The smallest absolute Gasteiger partial charge is 0.326 e. The molecule has 0 heterocycles. The molecule has 0 saturated carbocycles. The van der Waals surface area contributed by atoms with Crippen molar-refractivity contribution < 1.29 is 34.2 Å². The summed E-state index contributed by atoms with van der Waals surface area (Å²) in [5.41, 5.74) is 6.15. The zero-order chi connectivity index (χ0) is 24.4. The van der Waals surface area contributed by atoms with Crippen LogP contribution in [0, 0.1) is 5.92 Å². The van der Waals surface area contributed by atoms with Gasteiger partial charge in [0.2, 0.25) is 17.7 Å². The molecule has 4 atom stereocenters. The summed E-state index contributed by atoms with van der Waals surface area (Å²) in [5, 5.41) is 25.6. The minimum absolute atomic E-state index is 0.0345. The van der Waals surface area contributed by atoms with Crippen molar-refractivity contribution in [3.63, 3.8) is 0 Å². The van der Waals surface area contributed by atoms with E-state index in [0.29, 0.717) is 5.56 Å². The fraction of sp³-hybridized carbons (Fsp3) is 0.476. The molecule has 0 bridgehead atoms. The van der Waals surface area contributed by atoms with E-state index in [1.165, 1.54) is 6.92 Å². The Morgan fingerprint density at radius 3 is 1.88 bits per heavy atom. The number of carbonyl (C=O) groups is 5. The van der Waals surface area contributed by atoms with E-state index in [2.05, 4.69) is 16.0 Å². The molecule has 3 amide bonds. The van der Waals surface area contributed by atoms with Crippen LogP contribution in [-0.2, 0) is 30.4 Å². The third-order valence-corrected chi connectivity index (χ3v) is 4.57. The van der Waals surface area contributed by atoms with Gasteiger partial charge in [-0.15, -0.1) is 0 Å². The van der Waals surface area contributed by atoms with Gasteiger partial charge in [-0.05, 0) is 18.4 Å². The number of amides is 3. The van der Waals surface area contributed by atoms with Crippen LogP contribution in [0.2, 0.25) is 0 Å². The maximum absolute atomic E-state index is 12.8. The SMILES string of the molecule is CC(N)C(=O)NC(CC(=O)O)C(=O)NC(C(=O)NC(Cc1ccccc1)C(=O)O)C(C)C. The molecule has 0 fully saturated rings. The highest BCUT2D eigenvalue weighted by atomic mass is 16.4. The van der Waals surface area contributed by atoms with Gasteiger partial charge in [0.25, 0.3) is 0 Å². The Morgan fingerprint density at radius 1 is 0.844 bits per heavy atom. The van der Waals surface area contributed by atoms with E-state index in [1.807, 2.05) is 0 Å². The van der Waals surface area contributed by atoms with Crippen LogP contribution in [0.1, 0.15) is 32.8 Å². The fourth-order valence-electron chi connectivity index (χ4n) is 2.79. The van der Waals surface area contributed by atoms with Crippen molar-refractivity contribution in [1.82, 2.24) is 16.0 Å². The molecule has 11 nitrogen and oxygen atoms in total. The number of hydrogen-bond donors (Lipinski definition) is 6. The van der Waals surface area contributed by atoms with Gasteiger partial charge in [-0.2, -0.15) is 0 Å². The number of nitrogens with one attached hydrogen (secondary N) is 3. The molecule has 0 saturated heterocycles. The predicted molar refractivity (Wildman–Crippen MR) is 114 cm³/mol. The lowest BCUT2D eigenvalue weighted by atomic mass is 10.0. The maximum atomic E-state index is 12.8. The number of benzene rings is 1. The maximum Gasteiger partial charge on any atom is 0.326 e. The van der Waals surface area contributed by atoms with E-state index in [0.717, 1.165) is 0 Å². The van der Waals surface area contributed by atoms with Crippen molar-refractivity contribution in [1.29, 1.82) is 0 Å². The van der Waals surface area contributed by atoms with Crippen molar-refractivity contribution >= 4 is 29.7 Å². The first-order valence-corrected chi connectivity index (χ1v) is 10.1. The Bertz CT molecular complexity index is 827. The normalized spacial score (nSPS) is 14.5. The van der Waals surface area contributed by atoms with Gasteiger partial charge in [0.05, 0.1) is 12.5 Å². The average molecular weight is 450 g/mol. The van der Waals surface area contributed by atoms with Crippen molar-refractivity contribution in [2.45, 2.75) is 57.8 Å². The van der Waals surface area contributed by atoms with Crippen molar-refractivity contribution in [3.05, 3.63) is 35.9 Å². The molecule has 11 heteroatoms. The van der Waals surface area contributed by atoms with E-state index >= 15 is 0 Å². The van der Waals surface area contributed by atoms with Gasteiger partial charge in [-0.25, -0.2) is 4.79 Å². The van der Waals surface area contributed by atoms with E-state index in [-0.39, 0.29) is 6.42 Å². The fourth-order valence-corrected chi connectivity index (χ4v) is 2.79. The van der Waals surface area contributed by atoms with Crippen LogP contribution >= 0.6 is 0 Å². The number of nitrogens with two attached hydrogens (primary N) is 1. The van der Waals surface area contributed by atoms with Gasteiger partial charge in [0.15, 0.2) is 0 Å². The summed E-state index contributed by atoms with van der Waals surface area (Å²) in [4.78, 5) is 60.0. The van der Waals surface area contributed by atoms with E-state index in [4.69, 9.17) is 10.8 Å². The Balaban J connectivity index is 2.95. The van der Waals surface area contributed by atoms with Crippen molar-refractivity contribution in [2.24, 2.45) is 11.7 Å². The summed E-state index contributed by atoms with van der Waals surface area (Å²) in [7, 11) is 0. The highest BCUT2D eigenvalue weighted by Gasteiger charge is 2.32. The second kappa shape index (κ2) is 12.4. The lowest BCUT2D eigenvalue weighted by Crippen LogP contribution is -2.58. The summed E-state index contributed by atoms with van der Waals surface area (Å²) < 4.78 is 0. The van der Waals surface area contributed by atoms with Gasteiger partial charge in [0, 0.05) is 6.42 Å². The molecule has 0 aliphatic rings. The summed E-state index contributed by atoms with van der Waals surface area (Å²) in [5.74, 6) is -5.42. The summed E-state index contributed by atoms with van der Waals surface area (Å²) >= 11 is 0. The highest BCUT2D eigenvalue weighted by molar-refractivity contribution is 5.95. The number of aliphatic carboxylic acids is 2. The Kier molecular flexibility index (Phi) is 10.3. The topological polar surface area (TPSA) is 188 Å². The van der Waals surface area contributed by atoms with E-state index < -0.39 is 66.2 Å². The molecule has 0 spiro atoms. The molecule has 1 aromatic rings. The molecule has 1 rings (SSSR count). The molecule has 0 aliphatic heterocycles. The average Bonchev–Trinajstić information content (AvgIpc) is 2.70. The van der Waals surface area contributed by atoms with Gasteiger partial charge >= 0.3 is 11.9 Å². The zero-order valence-corrected chi connectivity index (χ0v) is 18.2. The molecule has 1 aromatic carbocycles. The summed E-state index contributed by atoms with van der Waals surface area (Å²) in [6, 6.07) is 3.87. The third-order valence-electron chi connectivity index (χ3n) is 4.57. The quantitative estimate of drug-likeness (QED) is 0.240. The molecule has 0 radical (unpaired) electrons. The Morgan fingerprint density at radius 2 is 1.41 bits per heavy atom. The minimum atomic E-state index is -1.46. The van der Waals surface area contributed by atoms with Crippen LogP contribution in [0.4, 0.5) is 0 Å². The van der Waals surface area contributed by atoms with E-state index in [9.17, 15) is 29.1 Å². The zero-order valence-electron chi connectivity index (χ0n) is 18.2. The summed E-state index contributed by atoms with van der Waals surface area (Å²) in [6.45, 7) is 4.63. The lowest BCUT2D eigenvalue weighted by molar-refractivity contribution is -0.143. The van der Waals surface area contributed by atoms with Crippen LogP contribution in [0.3, 0.4) is 0 Å². The lowest BCUT2D eigenvalue weighted by Gasteiger charge is -2.26. The largest absolute Gasteiger partial charge is 0.481 e. The first-order chi connectivity index (χ1) is 14.9. The second-order valence-electron chi connectivity index (χ2n) is 7.77. The van der Waals surface area contributed by atoms with Crippen LogP contribution in [0.15, 0.2) is 30.3 Å². The van der Waals surface area contributed by atoms with Crippen LogP contribution in [-0.4, -0.2) is 64.0 Å². The standard InChI is InChI=1S/C21H30N4O7/c1-11(2)17(25-19(29)14(10-16(26)27)23-18(28)12(3)22)20(30)24-15(21(31)32)9-13-7-5-4-6-8-13/h4-8,11-12,14-15,17H,9-10,22H2,1-3H3,(H,23,28)(H,24,30)(H,25,29)(H,26,27)(H,31,32). The second-order valence-corrected chi connectivity index (χ2v) is 7.77. The van der Waals surface area contributed by atoms with Gasteiger partial charge in [0.1, 0.15) is 18.1 Å². The number of hydrogen-bond acceptors (Lipinski definition) is 6. The van der Waals surface area contributed by atoms with Crippen LogP contribution in [0.25, 0.3) is 0 Å². The van der Waals surface area contributed by atoms with Gasteiger partial charge < -0.3 is 31.9 Å². The van der Waals surface area contributed by atoms with Crippen LogP contribution < -0.4 is 21.7 Å². The number of carbonyl (C=O) groups excluding carboxylic acids is 3. The molecule has 4 unspecified atom stereocenters. The minimum Gasteiger partial charge on any atom is -0.481 e. The number of carboxylic acids is 2. The molecule has 0 aromatic heterocycles. The molecular formula is C21H30N4O7. The molecule has 32 heavy (non-hydrogen) atoms. The Labute approximate surface area is 185 Å². The van der Waals surface area contributed by atoms with Crippen molar-refractivity contribution in [2.75, 3.05) is 0 Å². The van der Waals surface area contributed by atoms with Gasteiger partial charge in [-0.1, -0.05) is 44.2 Å². The molecular weight excluding hydrogens is 420 g/mol. The van der Waals surface area contributed by atoms with Crippen LogP contribution in [0.5, 0.6) is 0 Å². The first kappa shape index (κ1) is 26.6. The summed E-state index contributed by atoms with van der Waals surface area (Å²) in [6.07, 6.45) is -0.685. The molecule has 0 aliphatic carbocycles. The highest BCUT2D eigenvalue weighted by Crippen LogP contribution is 2.08. The molecule has 7 N–H and O–H groups in total. The molecule has 176 valence electrons. The number of carboxylic acid groups (broad SMARTS) is 2. The van der Waals surface area contributed by atoms with E-state index in [1.54, 1.807) is 44.2 Å². The van der Waals surface area contributed by atoms with Crippen molar-refractivity contribution in [3.8, 4) is 0 Å². The third kappa shape index (κ3) is 8.72. The van der Waals surface area contributed by atoms with Gasteiger partial charge in [-0.3, -0.25) is 19.2 Å². The number of rotatable bonds is 12. The first-order valence-electron chi connectivity index (χ1n) is 10.1. The Hall–Kier alpha value is -3.47. The predicted octanol–water partition coefficient (Wildman–Crippen LogP) is -0.754.